The molecule has 0 N–H and O–H groups in total. The lowest BCUT2D eigenvalue weighted by Crippen LogP contribution is -2.05. The van der Waals surface area contributed by atoms with Gasteiger partial charge in [0.15, 0.2) is 0 Å². The molecule has 1 aromatic rings. The highest BCUT2D eigenvalue weighted by Gasteiger charge is 2.30. The summed E-state index contributed by atoms with van der Waals surface area (Å²) in [6.07, 6.45) is -1.36. The average Bonchev–Trinajstić information content (AvgIpc) is 3.09. The maximum absolute atomic E-state index is 12.3. The lowest BCUT2D eigenvalue weighted by Gasteiger charge is -2.07. The third kappa shape index (κ3) is 3.32. The molecule has 2 rings (SSSR count). The predicted molar refractivity (Wildman–Crippen MR) is 57.5 cm³/mol. The fourth-order valence-corrected chi connectivity index (χ4v) is 1.74. The van der Waals surface area contributed by atoms with Crippen LogP contribution in [0.25, 0.3) is 0 Å². The van der Waals surface area contributed by atoms with E-state index in [2.05, 4.69) is 0 Å². The summed E-state index contributed by atoms with van der Waals surface area (Å²) in [5.74, 6) is 0.467. The van der Waals surface area contributed by atoms with Crippen LogP contribution in [-0.4, -0.2) is 5.78 Å². The van der Waals surface area contributed by atoms with Crippen LogP contribution in [-0.2, 0) is 17.4 Å². The predicted octanol–water partition coefficient (Wildman–Crippen LogP) is 3.62. The van der Waals surface area contributed by atoms with Crippen LogP contribution >= 0.6 is 0 Å². The van der Waals surface area contributed by atoms with E-state index in [1.807, 2.05) is 0 Å². The van der Waals surface area contributed by atoms with Gasteiger partial charge in [0.05, 0.1) is 5.56 Å². The molecule has 1 aliphatic rings. The second kappa shape index (κ2) is 4.51. The Morgan fingerprint density at radius 3 is 2.24 bits per heavy atom. The standard InChI is InChI=1S/C13H13F3O/c14-13(15,16)11-6-1-9(2-7-11)3-8-12(17)10-4-5-10/h1-2,6-7,10H,3-5,8H2. The van der Waals surface area contributed by atoms with E-state index in [1.54, 1.807) is 0 Å². The van der Waals surface area contributed by atoms with Gasteiger partial charge >= 0.3 is 6.18 Å². The Hall–Kier alpha value is -1.32. The monoisotopic (exact) mass is 242 g/mol. The zero-order valence-electron chi connectivity index (χ0n) is 9.26. The number of rotatable bonds is 4. The first kappa shape index (κ1) is 12.1. The Morgan fingerprint density at radius 1 is 1.18 bits per heavy atom. The number of carbonyl (C=O) groups is 1. The summed E-state index contributed by atoms with van der Waals surface area (Å²) >= 11 is 0. The molecule has 0 radical (unpaired) electrons. The largest absolute Gasteiger partial charge is 0.416 e. The summed E-state index contributed by atoms with van der Waals surface area (Å²) in [4.78, 5) is 11.4. The highest BCUT2D eigenvalue weighted by atomic mass is 19.4. The Labute approximate surface area is 97.6 Å². The zero-order chi connectivity index (χ0) is 12.5. The first-order valence-corrected chi connectivity index (χ1v) is 5.65. The average molecular weight is 242 g/mol. The molecule has 0 unspecified atom stereocenters. The van der Waals surface area contributed by atoms with Gasteiger partial charge in [-0.05, 0) is 37.0 Å². The molecule has 0 atom stereocenters. The molecule has 0 heterocycles. The number of benzene rings is 1. The van der Waals surface area contributed by atoms with Crippen molar-refractivity contribution < 1.29 is 18.0 Å². The first-order chi connectivity index (χ1) is 7.97. The highest BCUT2D eigenvalue weighted by molar-refractivity contribution is 5.83. The molecule has 0 aliphatic heterocycles. The van der Waals surface area contributed by atoms with Crippen LogP contribution < -0.4 is 0 Å². The quantitative estimate of drug-likeness (QED) is 0.788. The summed E-state index contributed by atoms with van der Waals surface area (Å²) in [5, 5.41) is 0. The van der Waals surface area contributed by atoms with Crippen LogP contribution in [0.5, 0.6) is 0 Å². The molecule has 1 saturated carbocycles. The van der Waals surface area contributed by atoms with E-state index in [-0.39, 0.29) is 11.7 Å². The molecule has 0 saturated heterocycles. The molecule has 1 aromatic carbocycles. The zero-order valence-corrected chi connectivity index (χ0v) is 9.26. The van der Waals surface area contributed by atoms with Gasteiger partial charge in [0.2, 0.25) is 0 Å². The van der Waals surface area contributed by atoms with E-state index in [1.165, 1.54) is 12.1 Å². The molecule has 92 valence electrons. The summed E-state index contributed by atoms with van der Waals surface area (Å²) in [5.41, 5.74) is 0.141. The van der Waals surface area contributed by atoms with Crippen LogP contribution in [0.3, 0.4) is 0 Å². The van der Waals surface area contributed by atoms with Crippen molar-refractivity contribution in [3.05, 3.63) is 35.4 Å². The van der Waals surface area contributed by atoms with Gasteiger partial charge in [0.25, 0.3) is 0 Å². The van der Waals surface area contributed by atoms with Crippen molar-refractivity contribution in [2.75, 3.05) is 0 Å². The third-order valence-corrected chi connectivity index (χ3v) is 2.97. The molecule has 1 aliphatic carbocycles. The molecule has 0 amide bonds. The summed E-state index contributed by atoms with van der Waals surface area (Å²) in [7, 11) is 0. The molecule has 4 heteroatoms. The van der Waals surface area contributed by atoms with Gasteiger partial charge in [-0.15, -0.1) is 0 Å². The molecule has 0 bridgehead atoms. The number of aryl methyl sites for hydroxylation is 1. The number of carbonyl (C=O) groups excluding carboxylic acids is 1. The van der Waals surface area contributed by atoms with Crippen molar-refractivity contribution in [3.63, 3.8) is 0 Å². The van der Waals surface area contributed by atoms with Crippen molar-refractivity contribution in [1.29, 1.82) is 0 Å². The minimum Gasteiger partial charge on any atom is -0.299 e. The van der Waals surface area contributed by atoms with E-state index in [0.29, 0.717) is 12.8 Å². The molecule has 0 spiro atoms. The highest BCUT2D eigenvalue weighted by Crippen LogP contribution is 2.32. The lowest BCUT2D eigenvalue weighted by atomic mass is 10.0. The Bertz CT molecular complexity index is 402. The van der Waals surface area contributed by atoms with Crippen molar-refractivity contribution in [2.45, 2.75) is 31.9 Å². The first-order valence-electron chi connectivity index (χ1n) is 5.65. The molecular weight excluding hydrogens is 229 g/mol. The second-order valence-corrected chi connectivity index (χ2v) is 4.44. The smallest absolute Gasteiger partial charge is 0.299 e. The van der Waals surface area contributed by atoms with Crippen LogP contribution in [0.15, 0.2) is 24.3 Å². The number of alkyl halides is 3. The van der Waals surface area contributed by atoms with E-state index < -0.39 is 11.7 Å². The van der Waals surface area contributed by atoms with Crippen LogP contribution in [0, 0.1) is 5.92 Å². The normalized spacial score (nSPS) is 15.9. The number of ketones is 1. The second-order valence-electron chi connectivity index (χ2n) is 4.44. The molecule has 1 fully saturated rings. The number of hydrogen-bond acceptors (Lipinski definition) is 1. The van der Waals surface area contributed by atoms with Gasteiger partial charge in [0, 0.05) is 12.3 Å². The summed E-state index contributed by atoms with van der Waals surface area (Å²) < 4.78 is 36.9. The SMILES string of the molecule is O=C(CCc1ccc(C(F)(F)F)cc1)C1CC1. The van der Waals surface area contributed by atoms with Crippen molar-refractivity contribution >= 4 is 5.78 Å². The maximum Gasteiger partial charge on any atom is 0.416 e. The Kier molecular flexibility index (Phi) is 3.22. The fraction of sp³-hybridized carbons (Fsp3) is 0.462. The lowest BCUT2D eigenvalue weighted by molar-refractivity contribution is -0.137. The fourth-order valence-electron chi connectivity index (χ4n) is 1.74. The van der Waals surface area contributed by atoms with Gasteiger partial charge in [-0.25, -0.2) is 0 Å². The van der Waals surface area contributed by atoms with Gasteiger partial charge in [-0.3, -0.25) is 4.79 Å². The maximum atomic E-state index is 12.3. The van der Waals surface area contributed by atoms with Crippen molar-refractivity contribution in [2.24, 2.45) is 5.92 Å². The number of Topliss-reactive ketones (excluding diaryl/α,β-unsaturated/α-hetero) is 1. The minimum atomic E-state index is -4.29. The van der Waals surface area contributed by atoms with E-state index >= 15 is 0 Å². The minimum absolute atomic E-state index is 0.226. The van der Waals surface area contributed by atoms with Gasteiger partial charge < -0.3 is 0 Å². The van der Waals surface area contributed by atoms with Gasteiger partial charge in [-0.2, -0.15) is 13.2 Å². The Morgan fingerprint density at radius 2 is 1.76 bits per heavy atom. The van der Waals surface area contributed by atoms with Crippen molar-refractivity contribution in [3.8, 4) is 0 Å². The van der Waals surface area contributed by atoms with E-state index in [4.69, 9.17) is 0 Å². The van der Waals surface area contributed by atoms with Crippen LogP contribution in [0.2, 0.25) is 0 Å². The molecule has 17 heavy (non-hydrogen) atoms. The third-order valence-electron chi connectivity index (χ3n) is 2.97. The summed E-state index contributed by atoms with van der Waals surface area (Å²) in [6.45, 7) is 0. The van der Waals surface area contributed by atoms with E-state index in [9.17, 15) is 18.0 Å². The van der Waals surface area contributed by atoms with Crippen LogP contribution in [0.4, 0.5) is 13.2 Å². The molecule has 1 nitrogen and oxygen atoms in total. The van der Waals surface area contributed by atoms with Gasteiger partial charge in [0.1, 0.15) is 5.78 Å². The van der Waals surface area contributed by atoms with Crippen LogP contribution in [0.1, 0.15) is 30.4 Å². The Balaban J connectivity index is 1.91. The van der Waals surface area contributed by atoms with Gasteiger partial charge in [-0.1, -0.05) is 12.1 Å². The summed E-state index contributed by atoms with van der Waals surface area (Å²) in [6, 6.07) is 5.03. The molecular formula is C13H13F3O. The van der Waals surface area contributed by atoms with E-state index in [0.717, 1.165) is 30.5 Å². The molecule has 0 aromatic heterocycles. The topological polar surface area (TPSA) is 17.1 Å². The van der Waals surface area contributed by atoms with Crippen molar-refractivity contribution in [1.82, 2.24) is 0 Å². The number of halogens is 3. The number of hydrogen-bond donors (Lipinski definition) is 0.